The summed E-state index contributed by atoms with van der Waals surface area (Å²) in [6, 6.07) is 6.03. The molecule has 0 fully saturated rings. The van der Waals surface area contributed by atoms with Gasteiger partial charge in [-0.15, -0.1) is 11.3 Å². The predicted octanol–water partition coefficient (Wildman–Crippen LogP) is 3.43. The summed E-state index contributed by atoms with van der Waals surface area (Å²) in [5, 5.41) is 0.748. The highest BCUT2D eigenvalue weighted by Crippen LogP contribution is 2.29. The Morgan fingerprint density at radius 2 is 2.28 bits per heavy atom. The van der Waals surface area contributed by atoms with Gasteiger partial charge < -0.3 is 4.74 Å². The molecule has 18 heavy (non-hydrogen) atoms. The number of ether oxygens (including phenoxy) is 1. The number of hydrogen-bond acceptors (Lipinski definition) is 4. The van der Waals surface area contributed by atoms with Gasteiger partial charge in [0.25, 0.3) is 0 Å². The first-order chi connectivity index (χ1) is 8.61. The number of benzene rings is 1. The summed E-state index contributed by atoms with van der Waals surface area (Å²) in [6.45, 7) is 3.85. The molecule has 94 valence electrons. The summed E-state index contributed by atoms with van der Waals surface area (Å²) < 4.78 is 18.2. The first-order valence-corrected chi connectivity index (χ1v) is 6.34. The molecule has 0 amide bonds. The molecule has 0 atom stereocenters. The standard InChI is InChI=1S/C13H12FNO2S/c1-3-17-13(16)12-11(15-8(2)18-12)9-5-4-6-10(14)7-9/h4-7H,3H2,1-2H3. The van der Waals surface area contributed by atoms with Crippen LogP contribution in [0.3, 0.4) is 0 Å². The van der Waals surface area contributed by atoms with E-state index < -0.39 is 5.97 Å². The van der Waals surface area contributed by atoms with Gasteiger partial charge in [0.05, 0.1) is 17.3 Å². The second kappa shape index (κ2) is 5.27. The van der Waals surface area contributed by atoms with Gasteiger partial charge in [-0.3, -0.25) is 0 Å². The van der Waals surface area contributed by atoms with E-state index in [1.165, 1.54) is 23.5 Å². The van der Waals surface area contributed by atoms with Crippen molar-refractivity contribution in [1.29, 1.82) is 0 Å². The average molecular weight is 265 g/mol. The van der Waals surface area contributed by atoms with Crippen molar-refractivity contribution in [1.82, 2.24) is 4.98 Å². The first-order valence-electron chi connectivity index (χ1n) is 5.52. The van der Waals surface area contributed by atoms with Crippen LogP contribution < -0.4 is 0 Å². The van der Waals surface area contributed by atoms with Gasteiger partial charge in [0.15, 0.2) is 0 Å². The topological polar surface area (TPSA) is 39.2 Å². The quantitative estimate of drug-likeness (QED) is 0.798. The molecule has 0 saturated heterocycles. The molecule has 0 bridgehead atoms. The van der Waals surface area contributed by atoms with Crippen LogP contribution in [0.25, 0.3) is 11.3 Å². The second-order valence-electron chi connectivity index (χ2n) is 3.64. The van der Waals surface area contributed by atoms with Gasteiger partial charge in [-0.25, -0.2) is 14.2 Å². The van der Waals surface area contributed by atoms with E-state index in [2.05, 4.69) is 4.98 Å². The zero-order valence-corrected chi connectivity index (χ0v) is 10.9. The van der Waals surface area contributed by atoms with E-state index >= 15 is 0 Å². The SMILES string of the molecule is CCOC(=O)c1sc(C)nc1-c1cccc(F)c1. The summed E-state index contributed by atoms with van der Waals surface area (Å²) in [4.78, 5) is 16.5. The van der Waals surface area contributed by atoms with E-state index in [-0.39, 0.29) is 5.82 Å². The Balaban J connectivity index is 2.47. The molecule has 3 nitrogen and oxygen atoms in total. The second-order valence-corrected chi connectivity index (χ2v) is 4.84. The van der Waals surface area contributed by atoms with Gasteiger partial charge in [0, 0.05) is 5.56 Å². The molecule has 0 aliphatic heterocycles. The molecule has 0 unspecified atom stereocenters. The number of carbonyl (C=O) groups is 1. The number of thiazole rings is 1. The van der Waals surface area contributed by atoms with Crippen LogP contribution >= 0.6 is 11.3 Å². The fraction of sp³-hybridized carbons (Fsp3) is 0.231. The number of halogens is 1. The summed E-state index contributed by atoms with van der Waals surface area (Å²) in [5.41, 5.74) is 1.07. The van der Waals surface area contributed by atoms with Crippen molar-refractivity contribution in [3.05, 3.63) is 40.0 Å². The summed E-state index contributed by atoms with van der Waals surface area (Å²) in [5.74, 6) is -0.768. The number of hydrogen-bond donors (Lipinski definition) is 0. The maximum Gasteiger partial charge on any atom is 0.350 e. The van der Waals surface area contributed by atoms with Crippen molar-refractivity contribution in [3.8, 4) is 11.3 Å². The Morgan fingerprint density at radius 1 is 1.50 bits per heavy atom. The molecule has 0 aliphatic carbocycles. The smallest absolute Gasteiger partial charge is 0.350 e. The number of rotatable bonds is 3. The molecule has 1 aromatic heterocycles. The molecule has 0 aliphatic rings. The van der Waals surface area contributed by atoms with E-state index in [0.29, 0.717) is 22.7 Å². The summed E-state index contributed by atoms with van der Waals surface area (Å²) in [6.07, 6.45) is 0. The Morgan fingerprint density at radius 3 is 2.94 bits per heavy atom. The van der Waals surface area contributed by atoms with Crippen LogP contribution in [-0.2, 0) is 4.74 Å². The molecule has 0 radical (unpaired) electrons. The maximum atomic E-state index is 13.2. The highest BCUT2D eigenvalue weighted by atomic mass is 32.1. The van der Waals surface area contributed by atoms with Crippen LogP contribution in [0.2, 0.25) is 0 Å². The lowest BCUT2D eigenvalue weighted by molar-refractivity contribution is 0.0532. The van der Waals surface area contributed by atoms with Gasteiger partial charge in [-0.2, -0.15) is 0 Å². The normalized spacial score (nSPS) is 10.4. The summed E-state index contributed by atoms with van der Waals surface area (Å²) >= 11 is 1.26. The number of aromatic nitrogens is 1. The molecular weight excluding hydrogens is 253 g/mol. The van der Waals surface area contributed by atoms with E-state index in [9.17, 15) is 9.18 Å². The minimum Gasteiger partial charge on any atom is -0.462 e. The van der Waals surface area contributed by atoms with Crippen LogP contribution in [-0.4, -0.2) is 17.6 Å². The first kappa shape index (κ1) is 12.7. The van der Waals surface area contributed by atoms with E-state index in [1.807, 2.05) is 0 Å². The van der Waals surface area contributed by atoms with Crippen molar-refractivity contribution >= 4 is 17.3 Å². The molecule has 1 aromatic carbocycles. The van der Waals surface area contributed by atoms with Crippen molar-refractivity contribution in [3.63, 3.8) is 0 Å². The van der Waals surface area contributed by atoms with Gasteiger partial charge in [-0.05, 0) is 26.0 Å². The van der Waals surface area contributed by atoms with Crippen molar-refractivity contribution in [2.75, 3.05) is 6.61 Å². The third-order valence-corrected chi connectivity index (χ3v) is 3.24. The van der Waals surface area contributed by atoms with E-state index in [4.69, 9.17) is 4.74 Å². The molecule has 2 aromatic rings. The average Bonchev–Trinajstić information content (AvgIpc) is 2.72. The van der Waals surface area contributed by atoms with Crippen LogP contribution in [0, 0.1) is 12.7 Å². The zero-order valence-electron chi connectivity index (χ0n) is 10.1. The Hall–Kier alpha value is -1.75. The molecule has 5 heteroatoms. The molecule has 0 N–H and O–H groups in total. The van der Waals surface area contributed by atoms with Gasteiger partial charge in [0.1, 0.15) is 10.7 Å². The molecule has 0 spiro atoms. The molecule has 2 rings (SSSR count). The zero-order chi connectivity index (χ0) is 13.1. The Bertz CT molecular complexity index is 580. The Kier molecular flexibility index (Phi) is 3.72. The van der Waals surface area contributed by atoms with Crippen molar-refractivity contribution < 1.29 is 13.9 Å². The van der Waals surface area contributed by atoms with Gasteiger partial charge in [-0.1, -0.05) is 12.1 Å². The van der Waals surface area contributed by atoms with Crippen LogP contribution in [0.4, 0.5) is 4.39 Å². The molecular formula is C13H12FNO2S. The molecule has 0 saturated carbocycles. The third kappa shape index (κ3) is 2.56. The minimum atomic E-state index is -0.414. The summed E-state index contributed by atoms with van der Waals surface area (Å²) in [7, 11) is 0. The monoisotopic (exact) mass is 265 g/mol. The van der Waals surface area contributed by atoms with Gasteiger partial charge >= 0.3 is 5.97 Å². The third-order valence-electron chi connectivity index (χ3n) is 2.29. The largest absolute Gasteiger partial charge is 0.462 e. The lowest BCUT2D eigenvalue weighted by Crippen LogP contribution is -2.04. The lowest BCUT2D eigenvalue weighted by atomic mass is 10.1. The number of carbonyl (C=O) groups excluding carboxylic acids is 1. The number of esters is 1. The van der Waals surface area contributed by atoms with E-state index in [1.54, 1.807) is 26.0 Å². The Labute approximate surface area is 108 Å². The predicted molar refractivity (Wildman–Crippen MR) is 68.2 cm³/mol. The van der Waals surface area contributed by atoms with Crippen LogP contribution in [0.5, 0.6) is 0 Å². The van der Waals surface area contributed by atoms with Gasteiger partial charge in [0.2, 0.25) is 0 Å². The fourth-order valence-electron chi connectivity index (χ4n) is 1.59. The number of aryl methyl sites for hydroxylation is 1. The van der Waals surface area contributed by atoms with Crippen LogP contribution in [0.15, 0.2) is 24.3 Å². The molecule has 1 heterocycles. The number of nitrogens with zero attached hydrogens (tertiary/aromatic N) is 1. The van der Waals surface area contributed by atoms with Crippen molar-refractivity contribution in [2.45, 2.75) is 13.8 Å². The highest BCUT2D eigenvalue weighted by Gasteiger charge is 2.19. The maximum absolute atomic E-state index is 13.2. The lowest BCUT2D eigenvalue weighted by Gasteiger charge is -2.02. The van der Waals surface area contributed by atoms with Crippen LogP contribution in [0.1, 0.15) is 21.6 Å². The van der Waals surface area contributed by atoms with E-state index in [0.717, 1.165) is 5.01 Å². The van der Waals surface area contributed by atoms with Crippen molar-refractivity contribution in [2.24, 2.45) is 0 Å². The minimum absolute atomic E-state index is 0.304. The highest BCUT2D eigenvalue weighted by molar-refractivity contribution is 7.14. The fourth-order valence-corrected chi connectivity index (χ4v) is 2.43.